The molecule has 2 fully saturated rings. The van der Waals surface area contributed by atoms with Crippen molar-refractivity contribution in [3.63, 3.8) is 0 Å². The summed E-state index contributed by atoms with van der Waals surface area (Å²) in [6.07, 6.45) is 5.82. The van der Waals surface area contributed by atoms with E-state index in [4.69, 9.17) is 5.73 Å². The molecule has 1 unspecified atom stereocenters. The number of nitrogens with zero attached hydrogens (tertiary/aromatic N) is 2. The van der Waals surface area contributed by atoms with Crippen molar-refractivity contribution >= 4 is 18.3 Å². The Morgan fingerprint density at radius 3 is 2.44 bits per heavy atom. The van der Waals surface area contributed by atoms with Gasteiger partial charge in [0.25, 0.3) is 0 Å². The monoisotopic (exact) mass is 275 g/mol. The minimum absolute atomic E-state index is 0. The highest BCUT2D eigenvalue weighted by molar-refractivity contribution is 5.85. The van der Waals surface area contributed by atoms with Crippen LogP contribution in [0.3, 0.4) is 0 Å². The second kappa shape index (κ2) is 7.31. The van der Waals surface area contributed by atoms with Crippen LogP contribution in [0.1, 0.15) is 39.0 Å². The number of hydrogen-bond acceptors (Lipinski definition) is 3. The van der Waals surface area contributed by atoms with Crippen molar-refractivity contribution in [1.82, 2.24) is 9.80 Å². The molecule has 0 aromatic carbocycles. The maximum absolute atomic E-state index is 12.3. The summed E-state index contributed by atoms with van der Waals surface area (Å²) in [6.45, 7) is 5.83. The molecular weight excluding hydrogens is 250 g/mol. The Bertz CT molecular complexity index is 269. The Hall–Kier alpha value is -0.320. The van der Waals surface area contributed by atoms with E-state index in [1.807, 2.05) is 11.8 Å². The Kier molecular flexibility index (Phi) is 6.39. The molecule has 2 rings (SSSR count). The number of hydrogen-bond donors (Lipinski definition) is 1. The van der Waals surface area contributed by atoms with Crippen LogP contribution in [0, 0.1) is 0 Å². The molecule has 0 radical (unpaired) electrons. The van der Waals surface area contributed by atoms with E-state index < -0.39 is 0 Å². The number of carbonyl (C=O) groups excluding carboxylic acids is 1. The smallest absolute Gasteiger partial charge is 0.239 e. The molecule has 106 valence electrons. The molecule has 0 bridgehead atoms. The quantitative estimate of drug-likeness (QED) is 0.825. The van der Waals surface area contributed by atoms with Crippen LogP contribution in [-0.4, -0.2) is 54.0 Å². The van der Waals surface area contributed by atoms with Gasteiger partial charge in [-0.1, -0.05) is 0 Å². The lowest BCUT2D eigenvalue weighted by atomic mass is 10.0. The third-order valence-corrected chi connectivity index (χ3v) is 4.06. The summed E-state index contributed by atoms with van der Waals surface area (Å²) in [5.74, 6) is 0.304. The topological polar surface area (TPSA) is 49.6 Å². The van der Waals surface area contributed by atoms with Crippen molar-refractivity contribution < 1.29 is 4.79 Å². The SMILES string of the molecule is CC(C(=O)N1CCCCC1)N1CCC[C@@H](N)C1.Cl. The number of amides is 1. The van der Waals surface area contributed by atoms with E-state index in [1.165, 1.54) is 6.42 Å². The highest BCUT2D eigenvalue weighted by Crippen LogP contribution is 2.16. The number of likely N-dealkylation sites (tertiary alicyclic amines) is 2. The molecule has 0 saturated carbocycles. The van der Waals surface area contributed by atoms with Gasteiger partial charge < -0.3 is 10.6 Å². The van der Waals surface area contributed by atoms with Gasteiger partial charge in [0.05, 0.1) is 6.04 Å². The van der Waals surface area contributed by atoms with E-state index in [9.17, 15) is 4.79 Å². The van der Waals surface area contributed by atoms with Crippen molar-refractivity contribution in [3.8, 4) is 0 Å². The van der Waals surface area contributed by atoms with Crippen molar-refractivity contribution in [3.05, 3.63) is 0 Å². The number of nitrogens with two attached hydrogens (primary N) is 1. The molecule has 2 saturated heterocycles. The summed E-state index contributed by atoms with van der Waals surface area (Å²) < 4.78 is 0. The lowest BCUT2D eigenvalue weighted by Crippen LogP contribution is -2.53. The first-order valence-electron chi connectivity index (χ1n) is 6.97. The molecule has 0 spiro atoms. The van der Waals surface area contributed by atoms with Crippen LogP contribution in [-0.2, 0) is 4.79 Å². The lowest BCUT2D eigenvalue weighted by Gasteiger charge is -2.38. The number of piperidine rings is 2. The molecule has 2 aliphatic rings. The zero-order valence-electron chi connectivity index (χ0n) is 11.3. The number of halogens is 1. The van der Waals surface area contributed by atoms with Gasteiger partial charge in [0.2, 0.25) is 5.91 Å². The van der Waals surface area contributed by atoms with Crippen LogP contribution in [0.4, 0.5) is 0 Å². The molecule has 2 atom stereocenters. The fourth-order valence-corrected chi connectivity index (χ4v) is 2.93. The first-order valence-corrected chi connectivity index (χ1v) is 6.97. The van der Waals surface area contributed by atoms with Gasteiger partial charge in [-0.3, -0.25) is 9.69 Å². The average Bonchev–Trinajstić information content (AvgIpc) is 2.38. The Morgan fingerprint density at radius 2 is 1.83 bits per heavy atom. The van der Waals surface area contributed by atoms with Crippen LogP contribution in [0.15, 0.2) is 0 Å². The maximum atomic E-state index is 12.3. The van der Waals surface area contributed by atoms with Crippen LogP contribution < -0.4 is 5.73 Å². The minimum Gasteiger partial charge on any atom is -0.341 e. The Morgan fingerprint density at radius 1 is 1.17 bits per heavy atom. The molecule has 4 nitrogen and oxygen atoms in total. The second-order valence-corrected chi connectivity index (χ2v) is 5.46. The molecule has 0 aliphatic carbocycles. The molecule has 1 amide bonds. The zero-order valence-corrected chi connectivity index (χ0v) is 12.1. The van der Waals surface area contributed by atoms with Gasteiger partial charge in [0.1, 0.15) is 0 Å². The van der Waals surface area contributed by atoms with Gasteiger partial charge >= 0.3 is 0 Å². The molecule has 0 aromatic heterocycles. The largest absolute Gasteiger partial charge is 0.341 e. The molecule has 2 N–H and O–H groups in total. The van der Waals surface area contributed by atoms with E-state index in [0.717, 1.165) is 51.9 Å². The summed E-state index contributed by atoms with van der Waals surface area (Å²) in [5, 5.41) is 0. The van der Waals surface area contributed by atoms with Gasteiger partial charge in [-0.15, -0.1) is 12.4 Å². The van der Waals surface area contributed by atoms with Crippen molar-refractivity contribution in [2.75, 3.05) is 26.2 Å². The maximum Gasteiger partial charge on any atom is 0.239 e. The molecular formula is C13H26ClN3O. The fraction of sp³-hybridized carbons (Fsp3) is 0.923. The van der Waals surface area contributed by atoms with Gasteiger partial charge in [0.15, 0.2) is 0 Å². The molecule has 2 aliphatic heterocycles. The lowest BCUT2D eigenvalue weighted by molar-refractivity contribution is -0.137. The van der Waals surface area contributed by atoms with E-state index in [2.05, 4.69) is 4.90 Å². The van der Waals surface area contributed by atoms with E-state index in [0.29, 0.717) is 5.91 Å². The highest BCUT2D eigenvalue weighted by atomic mass is 35.5. The van der Waals surface area contributed by atoms with E-state index in [1.54, 1.807) is 0 Å². The molecule has 18 heavy (non-hydrogen) atoms. The standard InChI is InChI=1S/C13H25N3O.ClH/c1-11(16-9-5-6-12(14)10-16)13(17)15-7-3-2-4-8-15;/h11-12H,2-10,14H2,1H3;1H/t11?,12-;/m1./s1. The van der Waals surface area contributed by atoms with Crippen molar-refractivity contribution in [2.45, 2.75) is 51.1 Å². The van der Waals surface area contributed by atoms with Gasteiger partial charge in [-0.05, 0) is 45.6 Å². The van der Waals surface area contributed by atoms with Crippen LogP contribution >= 0.6 is 12.4 Å². The van der Waals surface area contributed by atoms with E-state index in [-0.39, 0.29) is 24.5 Å². The predicted octanol–water partition coefficient (Wildman–Crippen LogP) is 1.23. The molecule has 5 heteroatoms. The third kappa shape index (κ3) is 3.84. The number of rotatable bonds is 2. The van der Waals surface area contributed by atoms with Crippen molar-refractivity contribution in [1.29, 1.82) is 0 Å². The fourth-order valence-electron chi connectivity index (χ4n) is 2.93. The summed E-state index contributed by atoms with van der Waals surface area (Å²) >= 11 is 0. The Labute approximate surface area is 116 Å². The van der Waals surface area contributed by atoms with Gasteiger partial charge in [-0.2, -0.15) is 0 Å². The highest BCUT2D eigenvalue weighted by Gasteiger charge is 2.29. The van der Waals surface area contributed by atoms with Crippen molar-refractivity contribution in [2.24, 2.45) is 5.73 Å². The summed E-state index contributed by atoms with van der Waals surface area (Å²) in [7, 11) is 0. The van der Waals surface area contributed by atoms with Crippen LogP contribution in [0.25, 0.3) is 0 Å². The van der Waals surface area contributed by atoms with Crippen LogP contribution in [0.2, 0.25) is 0 Å². The third-order valence-electron chi connectivity index (χ3n) is 4.06. The average molecular weight is 276 g/mol. The predicted molar refractivity (Wildman–Crippen MR) is 75.9 cm³/mol. The Balaban J connectivity index is 0.00000162. The van der Waals surface area contributed by atoms with E-state index >= 15 is 0 Å². The summed E-state index contributed by atoms with van der Waals surface area (Å²) in [4.78, 5) is 16.6. The first-order chi connectivity index (χ1) is 8.18. The summed E-state index contributed by atoms with van der Waals surface area (Å²) in [6, 6.07) is 0.264. The first kappa shape index (κ1) is 15.7. The van der Waals surface area contributed by atoms with Gasteiger partial charge in [-0.25, -0.2) is 0 Å². The number of carbonyl (C=O) groups is 1. The van der Waals surface area contributed by atoms with Crippen LogP contribution in [0.5, 0.6) is 0 Å². The molecule has 0 aromatic rings. The minimum atomic E-state index is 0. The molecule has 2 heterocycles. The van der Waals surface area contributed by atoms with Gasteiger partial charge in [0, 0.05) is 25.7 Å². The second-order valence-electron chi connectivity index (χ2n) is 5.46. The summed E-state index contributed by atoms with van der Waals surface area (Å²) in [5.41, 5.74) is 5.97. The zero-order chi connectivity index (χ0) is 12.3. The normalized spacial score (nSPS) is 27.4.